The van der Waals surface area contributed by atoms with Crippen LogP contribution in [0.2, 0.25) is 0 Å². The summed E-state index contributed by atoms with van der Waals surface area (Å²) in [4.78, 5) is 11.6. The van der Waals surface area contributed by atoms with E-state index in [-0.39, 0.29) is 18.1 Å². The largest absolute Gasteiger partial charge is 0.469 e. The summed E-state index contributed by atoms with van der Waals surface area (Å²) in [6.07, 6.45) is 3.17. The smallest absolute Gasteiger partial charge is 0.220 e. The van der Waals surface area contributed by atoms with Gasteiger partial charge in [-0.3, -0.25) is 4.79 Å². The van der Waals surface area contributed by atoms with Crippen LogP contribution in [-0.2, 0) is 11.2 Å². The fourth-order valence-electron chi connectivity index (χ4n) is 1.47. The summed E-state index contributed by atoms with van der Waals surface area (Å²) in [7, 11) is 0. The van der Waals surface area contributed by atoms with E-state index in [0.29, 0.717) is 19.3 Å². The molecule has 1 amide bonds. The van der Waals surface area contributed by atoms with Crippen molar-refractivity contribution in [3.8, 4) is 0 Å². The number of rotatable bonds is 6. The summed E-state index contributed by atoms with van der Waals surface area (Å²) < 4.78 is 5.14. The molecule has 1 aromatic heterocycles. The maximum atomic E-state index is 11.6. The second-order valence-electron chi connectivity index (χ2n) is 4.49. The minimum absolute atomic E-state index is 0.0187. The molecule has 0 aliphatic heterocycles. The summed E-state index contributed by atoms with van der Waals surface area (Å²) in [5.41, 5.74) is -0.352. The highest BCUT2D eigenvalue weighted by atomic mass is 16.3. The third-order valence-electron chi connectivity index (χ3n) is 2.39. The highest BCUT2D eigenvalue weighted by Crippen LogP contribution is 2.09. The average Bonchev–Trinajstić information content (AvgIpc) is 2.66. The maximum Gasteiger partial charge on any atom is 0.220 e. The van der Waals surface area contributed by atoms with Gasteiger partial charge in [-0.05, 0) is 32.4 Å². The number of aliphatic hydroxyl groups is 1. The number of aryl methyl sites for hydroxylation is 1. The first-order valence-electron chi connectivity index (χ1n) is 5.48. The fraction of sp³-hybridized carbons (Fsp3) is 0.583. The first kappa shape index (κ1) is 12.8. The van der Waals surface area contributed by atoms with Gasteiger partial charge in [-0.25, -0.2) is 0 Å². The molecule has 0 atom stereocenters. The zero-order valence-corrected chi connectivity index (χ0v) is 9.82. The number of hydrogen-bond acceptors (Lipinski definition) is 3. The Morgan fingerprint density at radius 2 is 2.31 bits per heavy atom. The van der Waals surface area contributed by atoms with Gasteiger partial charge in [0.25, 0.3) is 0 Å². The quantitative estimate of drug-likeness (QED) is 0.771. The number of nitrogens with one attached hydrogen (secondary N) is 1. The van der Waals surface area contributed by atoms with Crippen LogP contribution in [0.4, 0.5) is 0 Å². The second kappa shape index (κ2) is 5.70. The predicted molar refractivity (Wildman–Crippen MR) is 61.0 cm³/mol. The molecule has 0 bridgehead atoms. The van der Waals surface area contributed by atoms with E-state index in [1.165, 1.54) is 0 Å². The van der Waals surface area contributed by atoms with E-state index in [9.17, 15) is 4.79 Å². The van der Waals surface area contributed by atoms with E-state index in [2.05, 4.69) is 5.32 Å². The van der Waals surface area contributed by atoms with Crippen molar-refractivity contribution in [3.63, 3.8) is 0 Å². The van der Waals surface area contributed by atoms with Gasteiger partial charge in [0.1, 0.15) is 5.76 Å². The van der Waals surface area contributed by atoms with Gasteiger partial charge in [0, 0.05) is 25.0 Å². The molecule has 0 aliphatic carbocycles. The Bertz CT molecular complexity index is 317. The van der Waals surface area contributed by atoms with Crippen LogP contribution in [0.1, 0.15) is 32.4 Å². The maximum absolute atomic E-state index is 11.6. The van der Waals surface area contributed by atoms with Crippen LogP contribution >= 0.6 is 0 Å². The molecule has 1 heterocycles. The SMILES string of the molecule is CC(C)(CCO)NC(=O)CCc1ccco1. The number of carbonyl (C=O) groups excluding carboxylic acids is 1. The van der Waals surface area contributed by atoms with Crippen molar-refractivity contribution in [2.75, 3.05) is 6.61 Å². The van der Waals surface area contributed by atoms with Gasteiger partial charge < -0.3 is 14.8 Å². The molecule has 90 valence electrons. The van der Waals surface area contributed by atoms with E-state index in [1.54, 1.807) is 6.26 Å². The first-order chi connectivity index (χ1) is 7.53. The molecule has 0 unspecified atom stereocenters. The lowest BCUT2D eigenvalue weighted by Crippen LogP contribution is -2.44. The van der Waals surface area contributed by atoms with Gasteiger partial charge in [-0.15, -0.1) is 0 Å². The molecule has 16 heavy (non-hydrogen) atoms. The molecule has 0 fully saturated rings. The molecule has 0 aromatic carbocycles. The van der Waals surface area contributed by atoms with Crippen molar-refractivity contribution in [1.82, 2.24) is 5.32 Å². The number of hydrogen-bond donors (Lipinski definition) is 2. The number of furan rings is 1. The van der Waals surface area contributed by atoms with Crippen LogP contribution in [-0.4, -0.2) is 23.2 Å². The highest BCUT2D eigenvalue weighted by molar-refractivity contribution is 5.76. The van der Waals surface area contributed by atoms with Crippen molar-refractivity contribution in [2.24, 2.45) is 0 Å². The summed E-state index contributed by atoms with van der Waals surface area (Å²) in [6.45, 7) is 3.87. The molecule has 0 saturated heterocycles. The third kappa shape index (κ3) is 4.49. The minimum atomic E-state index is -0.352. The highest BCUT2D eigenvalue weighted by Gasteiger charge is 2.19. The monoisotopic (exact) mass is 225 g/mol. The normalized spacial score (nSPS) is 11.4. The van der Waals surface area contributed by atoms with E-state index in [4.69, 9.17) is 9.52 Å². The summed E-state index contributed by atoms with van der Waals surface area (Å²) in [6, 6.07) is 3.66. The van der Waals surface area contributed by atoms with Gasteiger partial charge >= 0.3 is 0 Å². The molecule has 4 heteroatoms. The molecule has 2 N–H and O–H groups in total. The van der Waals surface area contributed by atoms with Crippen LogP contribution in [0.25, 0.3) is 0 Å². The number of amides is 1. The van der Waals surface area contributed by atoms with Crippen LogP contribution in [0.3, 0.4) is 0 Å². The Kier molecular flexibility index (Phi) is 4.55. The Morgan fingerprint density at radius 3 is 2.88 bits per heavy atom. The summed E-state index contributed by atoms with van der Waals surface area (Å²) in [5.74, 6) is 0.796. The lowest BCUT2D eigenvalue weighted by molar-refractivity contribution is -0.122. The standard InChI is InChI=1S/C12H19NO3/c1-12(2,7-8-14)13-11(15)6-5-10-4-3-9-16-10/h3-4,9,14H,5-8H2,1-2H3,(H,13,15). The first-order valence-corrected chi connectivity index (χ1v) is 5.48. The van der Waals surface area contributed by atoms with Gasteiger partial charge in [0.2, 0.25) is 5.91 Å². The third-order valence-corrected chi connectivity index (χ3v) is 2.39. The summed E-state index contributed by atoms with van der Waals surface area (Å²) >= 11 is 0. The van der Waals surface area contributed by atoms with Gasteiger partial charge in [0.15, 0.2) is 0 Å². The van der Waals surface area contributed by atoms with Crippen molar-refractivity contribution >= 4 is 5.91 Å². The zero-order chi connectivity index (χ0) is 12.0. The van der Waals surface area contributed by atoms with Crippen molar-refractivity contribution < 1.29 is 14.3 Å². The zero-order valence-electron chi connectivity index (χ0n) is 9.82. The van der Waals surface area contributed by atoms with Crippen LogP contribution < -0.4 is 5.32 Å². The molecule has 1 rings (SSSR count). The molecule has 0 spiro atoms. The Hall–Kier alpha value is -1.29. The van der Waals surface area contributed by atoms with E-state index in [1.807, 2.05) is 26.0 Å². The van der Waals surface area contributed by atoms with Crippen LogP contribution in [0.15, 0.2) is 22.8 Å². The molecule has 0 aliphatic rings. The van der Waals surface area contributed by atoms with Crippen molar-refractivity contribution in [1.29, 1.82) is 0 Å². The molecule has 4 nitrogen and oxygen atoms in total. The lowest BCUT2D eigenvalue weighted by Gasteiger charge is -2.25. The Balaban J connectivity index is 2.30. The number of carbonyl (C=O) groups is 1. The van der Waals surface area contributed by atoms with Crippen molar-refractivity contribution in [3.05, 3.63) is 24.2 Å². The van der Waals surface area contributed by atoms with Crippen molar-refractivity contribution in [2.45, 2.75) is 38.6 Å². The Labute approximate surface area is 95.7 Å². The molecule has 1 aromatic rings. The van der Waals surface area contributed by atoms with E-state index in [0.717, 1.165) is 5.76 Å². The van der Waals surface area contributed by atoms with Gasteiger partial charge in [-0.2, -0.15) is 0 Å². The predicted octanol–water partition coefficient (Wildman–Crippen LogP) is 1.49. The fourth-order valence-corrected chi connectivity index (χ4v) is 1.47. The van der Waals surface area contributed by atoms with E-state index >= 15 is 0 Å². The van der Waals surface area contributed by atoms with Gasteiger partial charge in [-0.1, -0.05) is 0 Å². The molecule has 0 saturated carbocycles. The summed E-state index contributed by atoms with van der Waals surface area (Å²) in [5, 5.41) is 11.7. The van der Waals surface area contributed by atoms with Gasteiger partial charge in [0.05, 0.1) is 6.26 Å². The van der Waals surface area contributed by atoms with E-state index < -0.39 is 0 Å². The van der Waals surface area contributed by atoms with Crippen LogP contribution in [0.5, 0.6) is 0 Å². The molecule has 0 radical (unpaired) electrons. The number of aliphatic hydroxyl groups excluding tert-OH is 1. The average molecular weight is 225 g/mol. The van der Waals surface area contributed by atoms with Crippen LogP contribution in [0, 0.1) is 0 Å². The molecular formula is C12H19NO3. The second-order valence-corrected chi connectivity index (χ2v) is 4.49. The molecular weight excluding hydrogens is 206 g/mol. The minimum Gasteiger partial charge on any atom is -0.469 e. The Morgan fingerprint density at radius 1 is 1.56 bits per heavy atom. The topological polar surface area (TPSA) is 62.5 Å². The lowest BCUT2D eigenvalue weighted by atomic mass is 10.0.